The number of hydrogen-bond donors (Lipinski definition) is 1. The summed E-state index contributed by atoms with van der Waals surface area (Å²) in [6.07, 6.45) is 1.75. The van der Waals surface area contributed by atoms with Gasteiger partial charge >= 0.3 is 5.97 Å². The van der Waals surface area contributed by atoms with E-state index in [2.05, 4.69) is 20.0 Å². The molecule has 0 unspecified atom stereocenters. The maximum Gasteiger partial charge on any atom is 0.337 e. The van der Waals surface area contributed by atoms with Gasteiger partial charge in [-0.2, -0.15) is 0 Å². The SMILES string of the molecule is COC(=O)c1ccc(C(=O)Nc2ccc(-c3nc4cccnc4s3)cc2)cc1. The Morgan fingerprint density at radius 3 is 2.36 bits per heavy atom. The number of nitrogens with one attached hydrogen (secondary N) is 1. The highest BCUT2D eigenvalue weighted by atomic mass is 32.1. The van der Waals surface area contributed by atoms with Crippen LogP contribution in [0.1, 0.15) is 20.7 Å². The van der Waals surface area contributed by atoms with Crippen molar-refractivity contribution in [3.8, 4) is 10.6 Å². The molecule has 28 heavy (non-hydrogen) atoms. The summed E-state index contributed by atoms with van der Waals surface area (Å²) in [4.78, 5) is 33.6. The van der Waals surface area contributed by atoms with Crippen LogP contribution < -0.4 is 5.32 Å². The lowest BCUT2D eigenvalue weighted by Crippen LogP contribution is -2.12. The summed E-state index contributed by atoms with van der Waals surface area (Å²) in [6, 6.07) is 17.6. The Balaban J connectivity index is 1.48. The van der Waals surface area contributed by atoms with Crippen molar-refractivity contribution in [2.45, 2.75) is 0 Å². The zero-order valence-corrected chi connectivity index (χ0v) is 15.7. The Morgan fingerprint density at radius 2 is 1.68 bits per heavy atom. The van der Waals surface area contributed by atoms with Gasteiger partial charge in [0, 0.05) is 23.0 Å². The molecule has 1 amide bonds. The zero-order valence-electron chi connectivity index (χ0n) is 14.9. The first kappa shape index (κ1) is 17.8. The van der Waals surface area contributed by atoms with Gasteiger partial charge < -0.3 is 10.1 Å². The third kappa shape index (κ3) is 3.60. The van der Waals surface area contributed by atoms with Gasteiger partial charge in [0.2, 0.25) is 0 Å². The van der Waals surface area contributed by atoms with Gasteiger partial charge in [0.05, 0.1) is 12.7 Å². The summed E-state index contributed by atoms with van der Waals surface area (Å²) in [5, 5.41) is 3.72. The Bertz CT molecular complexity index is 1120. The average molecular weight is 389 g/mol. The normalized spacial score (nSPS) is 10.6. The Kier molecular flexibility index (Phi) is 4.82. The molecule has 1 N–H and O–H groups in total. The number of fused-ring (bicyclic) bond motifs is 1. The van der Waals surface area contributed by atoms with Crippen LogP contribution >= 0.6 is 11.3 Å². The number of ether oxygens (including phenoxy) is 1. The fraction of sp³-hybridized carbons (Fsp3) is 0.0476. The van der Waals surface area contributed by atoms with Crippen LogP contribution in [0.5, 0.6) is 0 Å². The molecule has 4 aromatic rings. The van der Waals surface area contributed by atoms with Gasteiger partial charge in [-0.15, -0.1) is 0 Å². The van der Waals surface area contributed by atoms with Gasteiger partial charge in [0.1, 0.15) is 15.4 Å². The molecule has 4 rings (SSSR count). The lowest BCUT2D eigenvalue weighted by molar-refractivity contribution is 0.0600. The summed E-state index contributed by atoms with van der Waals surface area (Å²) in [5.74, 6) is -0.694. The van der Waals surface area contributed by atoms with E-state index in [-0.39, 0.29) is 5.91 Å². The van der Waals surface area contributed by atoms with Crippen molar-refractivity contribution in [1.29, 1.82) is 0 Å². The smallest absolute Gasteiger partial charge is 0.337 e. The predicted octanol–water partition coefficient (Wildman–Crippen LogP) is 4.40. The topological polar surface area (TPSA) is 81.2 Å². The molecule has 2 aromatic heterocycles. The monoisotopic (exact) mass is 389 g/mol. The molecular weight excluding hydrogens is 374 g/mol. The van der Waals surface area contributed by atoms with E-state index >= 15 is 0 Å². The van der Waals surface area contributed by atoms with Crippen molar-refractivity contribution < 1.29 is 14.3 Å². The van der Waals surface area contributed by atoms with Gasteiger partial charge in [0.15, 0.2) is 0 Å². The van der Waals surface area contributed by atoms with Crippen LogP contribution in [0.4, 0.5) is 5.69 Å². The Labute approximate surface area is 164 Å². The molecule has 0 aliphatic heterocycles. The number of esters is 1. The highest BCUT2D eigenvalue weighted by Gasteiger charge is 2.10. The molecule has 0 spiro atoms. The number of carbonyl (C=O) groups excluding carboxylic acids is 2. The highest BCUT2D eigenvalue weighted by Crippen LogP contribution is 2.29. The van der Waals surface area contributed by atoms with Gasteiger partial charge in [-0.3, -0.25) is 4.79 Å². The van der Waals surface area contributed by atoms with Gasteiger partial charge in [-0.1, -0.05) is 11.3 Å². The molecule has 0 bridgehead atoms. The number of benzene rings is 2. The molecule has 2 heterocycles. The summed E-state index contributed by atoms with van der Waals surface area (Å²) in [7, 11) is 1.32. The third-order valence-corrected chi connectivity index (χ3v) is 5.15. The molecule has 0 atom stereocenters. The number of amides is 1. The number of carbonyl (C=O) groups is 2. The fourth-order valence-electron chi connectivity index (χ4n) is 2.67. The van der Waals surface area contributed by atoms with Crippen molar-refractivity contribution >= 4 is 39.2 Å². The van der Waals surface area contributed by atoms with E-state index in [0.29, 0.717) is 16.8 Å². The highest BCUT2D eigenvalue weighted by molar-refractivity contribution is 7.21. The third-order valence-electron chi connectivity index (χ3n) is 4.12. The fourth-order valence-corrected chi connectivity index (χ4v) is 3.58. The molecule has 6 nitrogen and oxygen atoms in total. The van der Waals surface area contributed by atoms with Gasteiger partial charge in [0.25, 0.3) is 5.91 Å². The molecule has 0 aliphatic carbocycles. The summed E-state index contributed by atoms with van der Waals surface area (Å²) >= 11 is 1.53. The van der Waals surface area contributed by atoms with Crippen molar-refractivity contribution in [1.82, 2.24) is 9.97 Å². The molecule has 0 radical (unpaired) electrons. The number of aromatic nitrogens is 2. The minimum Gasteiger partial charge on any atom is -0.465 e. The van der Waals surface area contributed by atoms with E-state index in [4.69, 9.17) is 0 Å². The maximum absolute atomic E-state index is 12.4. The number of pyridine rings is 1. The van der Waals surface area contributed by atoms with Crippen LogP contribution in [0.2, 0.25) is 0 Å². The molecule has 0 fully saturated rings. The minimum atomic E-state index is -0.437. The Morgan fingerprint density at radius 1 is 0.964 bits per heavy atom. The van der Waals surface area contributed by atoms with Crippen molar-refractivity contribution in [2.24, 2.45) is 0 Å². The Hall–Kier alpha value is -3.58. The second kappa shape index (κ2) is 7.58. The number of methoxy groups -OCH3 is 1. The average Bonchev–Trinajstić information content (AvgIpc) is 3.18. The summed E-state index contributed by atoms with van der Waals surface area (Å²) in [6.45, 7) is 0. The zero-order chi connectivity index (χ0) is 19.5. The maximum atomic E-state index is 12.4. The minimum absolute atomic E-state index is 0.256. The van der Waals surface area contributed by atoms with E-state index in [1.54, 1.807) is 30.5 Å². The number of anilines is 1. The van der Waals surface area contributed by atoms with Crippen LogP contribution in [0, 0.1) is 0 Å². The number of hydrogen-bond acceptors (Lipinski definition) is 6. The van der Waals surface area contributed by atoms with Crippen LogP contribution in [0.25, 0.3) is 20.9 Å². The van der Waals surface area contributed by atoms with Crippen LogP contribution in [-0.4, -0.2) is 29.0 Å². The van der Waals surface area contributed by atoms with Crippen molar-refractivity contribution in [3.63, 3.8) is 0 Å². The van der Waals surface area contributed by atoms with E-state index in [1.807, 2.05) is 36.4 Å². The number of nitrogens with zero attached hydrogens (tertiary/aromatic N) is 2. The first-order valence-electron chi connectivity index (χ1n) is 8.46. The molecule has 7 heteroatoms. The van der Waals surface area contributed by atoms with Crippen molar-refractivity contribution in [2.75, 3.05) is 12.4 Å². The first-order chi connectivity index (χ1) is 13.6. The molecule has 0 saturated heterocycles. The molecule has 0 aliphatic rings. The summed E-state index contributed by atoms with van der Waals surface area (Å²) in [5.41, 5.74) is 3.35. The van der Waals surface area contributed by atoms with Crippen LogP contribution in [0.3, 0.4) is 0 Å². The van der Waals surface area contributed by atoms with E-state index in [1.165, 1.54) is 18.4 Å². The van der Waals surface area contributed by atoms with Gasteiger partial charge in [-0.25, -0.2) is 14.8 Å². The van der Waals surface area contributed by atoms with Crippen LogP contribution in [-0.2, 0) is 4.74 Å². The molecule has 2 aromatic carbocycles. The molecule has 0 saturated carbocycles. The number of thiazole rings is 1. The first-order valence-corrected chi connectivity index (χ1v) is 9.27. The lowest BCUT2D eigenvalue weighted by atomic mass is 10.1. The predicted molar refractivity (Wildman–Crippen MR) is 109 cm³/mol. The molecular formula is C21H15N3O3S. The second-order valence-corrected chi connectivity index (χ2v) is 6.92. The van der Waals surface area contributed by atoms with E-state index in [9.17, 15) is 9.59 Å². The van der Waals surface area contributed by atoms with Gasteiger partial charge in [-0.05, 0) is 60.7 Å². The quantitative estimate of drug-likeness (QED) is 0.523. The standard InChI is InChI=1S/C21H15N3O3S/c1-27-21(26)15-6-4-13(5-7-15)18(25)23-16-10-8-14(9-11-16)19-24-17-3-2-12-22-20(17)28-19/h2-12H,1H3,(H,23,25). The largest absolute Gasteiger partial charge is 0.465 e. The lowest BCUT2D eigenvalue weighted by Gasteiger charge is -2.06. The van der Waals surface area contributed by atoms with Crippen LogP contribution in [0.15, 0.2) is 66.9 Å². The number of rotatable bonds is 4. The summed E-state index contributed by atoms with van der Waals surface area (Å²) < 4.78 is 4.65. The van der Waals surface area contributed by atoms with E-state index < -0.39 is 5.97 Å². The molecule has 138 valence electrons. The van der Waals surface area contributed by atoms with E-state index in [0.717, 1.165) is 20.9 Å². The van der Waals surface area contributed by atoms with Crippen molar-refractivity contribution in [3.05, 3.63) is 78.0 Å². The second-order valence-electron chi connectivity index (χ2n) is 5.95.